The second-order valence-corrected chi connectivity index (χ2v) is 5.27. The average molecular weight is 237 g/mol. The van der Waals surface area contributed by atoms with Gasteiger partial charge in [-0.15, -0.1) is 11.3 Å². The average Bonchev–Trinajstić information content (AvgIpc) is 2.65. The Morgan fingerprint density at radius 1 is 1.40 bits per heavy atom. The monoisotopic (exact) mass is 237 g/mol. The summed E-state index contributed by atoms with van der Waals surface area (Å²) in [6.07, 6.45) is 0. The van der Waals surface area contributed by atoms with Crippen molar-refractivity contribution in [1.29, 1.82) is 0 Å². The van der Waals surface area contributed by atoms with Crippen LogP contribution in [0.1, 0.15) is 11.3 Å². The van der Waals surface area contributed by atoms with Gasteiger partial charge in [-0.3, -0.25) is 0 Å². The lowest BCUT2D eigenvalue weighted by atomic mass is 10.2. The molecule has 0 unspecified atom stereocenters. The van der Waals surface area contributed by atoms with Crippen LogP contribution in [-0.2, 0) is 6.61 Å². The third-order valence-corrected chi connectivity index (χ3v) is 4.11. The molecule has 2 aromatic rings. The number of thiazole rings is 1. The highest BCUT2D eigenvalue weighted by Gasteiger charge is 2.05. The Bertz CT molecular complexity index is 453. The van der Waals surface area contributed by atoms with Crippen molar-refractivity contribution in [2.24, 2.45) is 0 Å². The Hall–Kier alpha value is -0.840. The Balaban J connectivity index is 2.23. The van der Waals surface area contributed by atoms with Crippen LogP contribution in [0.15, 0.2) is 38.9 Å². The molecule has 0 amide bonds. The van der Waals surface area contributed by atoms with Crippen molar-refractivity contribution in [3.05, 3.63) is 40.9 Å². The fourth-order valence-corrected chi connectivity index (χ4v) is 3.12. The number of hydrogen-bond acceptors (Lipinski definition) is 4. The summed E-state index contributed by atoms with van der Waals surface area (Å²) < 4.78 is 1.02. The Morgan fingerprint density at radius 2 is 2.20 bits per heavy atom. The van der Waals surface area contributed by atoms with Gasteiger partial charge in [0.25, 0.3) is 0 Å². The minimum absolute atomic E-state index is 0.0769. The van der Waals surface area contributed by atoms with Gasteiger partial charge in [0.2, 0.25) is 0 Å². The molecule has 0 radical (unpaired) electrons. The molecule has 0 fully saturated rings. The van der Waals surface area contributed by atoms with Crippen LogP contribution < -0.4 is 0 Å². The molecular weight excluding hydrogens is 226 g/mol. The van der Waals surface area contributed by atoms with Crippen molar-refractivity contribution in [2.45, 2.75) is 22.8 Å². The molecule has 0 saturated carbocycles. The third kappa shape index (κ3) is 2.59. The molecular formula is C11H11NOS2. The van der Waals surface area contributed by atoms with Crippen LogP contribution in [0.4, 0.5) is 0 Å². The van der Waals surface area contributed by atoms with E-state index in [0.717, 1.165) is 20.5 Å². The lowest BCUT2D eigenvalue weighted by Crippen LogP contribution is -1.86. The van der Waals surface area contributed by atoms with Crippen molar-refractivity contribution >= 4 is 23.1 Å². The zero-order chi connectivity index (χ0) is 10.7. The summed E-state index contributed by atoms with van der Waals surface area (Å²) >= 11 is 3.24. The fourth-order valence-electron chi connectivity index (χ4n) is 1.21. The molecule has 0 saturated heterocycles. The minimum atomic E-state index is 0.0769. The predicted molar refractivity (Wildman–Crippen MR) is 63.3 cm³/mol. The first-order valence-corrected chi connectivity index (χ1v) is 6.28. The van der Waals surface area contributed by atoms with Crippen molar-refractivity contribution < 1.29 is 5.11 Å². The summed E-state index contributed by atoms with van der Waals surface area (Å²) in [6, 6.07) is 7.85. The van der Waals surface area contributed by atoms with Gasteiger partial charge in [-0.2, -0.15) is 0 Å². The zero-order valence-corrected chi connectivity index (χ0v) is 9.94. The number of aliphatic hydroxyl groups excluding tert-OH is 1. The highest BCUT2D eigenvalue weighted by atomic mass is 32.2. The van der Waals surface area contributed by atoms with Crippen LogP contribution in [0.2, 0.25) is 0 Å². The maximum absolute atomic E-state index is 9.17. The minimum Gasteiger partial charge on any atom is -0.392 e. The van der Waals surface area contributed by atoms with E-state index in [9.17, 15) is 5.11 Å². The largest absolute Gasteiger partial charge is 0.392 e. The molecule has 0 bridgehead atoms. The van der Waals surface area contributed by atoms with Crippen molar-refractivity contribution in [3.8, 4) is 0 Å². The summed E-state index contributed by atoms with van der Waals surface area (Å²) in [5, 5.41) is 11.2. The van der Waals surface area contributed by atoms with Gasteiger partial charge in [-0.05, 0) is 18.6 Å². The van der Waals surface area contributed by atoms with E-state index in [1.54, 1.807) is 23.1 Å². The second-order valence-electron chi connectivity index (χ2n) is 3.12. The molecule has 78 valence electrons. The van der Waals surface area contributed by atoms with E-state index in [0.29, 0.717) is 0 Å². The van der Waals surface area contributed by atoms with Crippen LogP contribution >= 0.6 is 23.1 Å². The fraction of sp³-hybridized carbons (Fsp3) is 0.182. The lowest BCUT2D eigenvalue weighted by Gasteiger charge is -2.03. The molecule has 0 aliphatic rings. The first kappa shape index (κ1) is 10.7. The molecule has 2 nitrogen and oxygen atoms in total. The van der Waals surface area contributed by atoms with Gasteiger partial charge >= 0.3 is 0 Å². The van der Waals surface area contributed by atoms with E-state index in [1.807, 2.05) is 36.6 Å². The van der Waals surface area contributed by atoms with E-state index in [1.165, 1.54) is 0 Å². The molecule has 0 aliphatic carbocycles. The van der Waals surface area contributed by atoms with Gasteiger partial charge in [0.05, 0.1) is 6.61 Å². The van der Waals surface area contributed by atoms with Gasteiger partial charge in [0.1, 0.15) is 0 Å². The number of aliphatic hydroxyl groups is 1. The van der Waals surface area contributed by atoms with Crippen LogP contribution in [0, 0.1) is 6.92 Å². The smallest absolute Gasteiger partial charge is 0.154 e. The molecule has 1 N–H and O–H groups in total. The van der Waals surface area contributed by atoms with Crippen LogP contribution in [0.3, 0.4) is 0 Å². The second kappa shape index (κ2) is 4.79. The van der Waals surface area contributed by atoms with E-state index >= 15 is 0 Å². The highest BCUT2D eigenvalue weighted by molar-refractivity contribution is 8.01. The van der Waals surface area contributed by atoms with Crippen molar-refractivity contribution in [3.63, 3.8) is 0 Å². The molecule has 1 heterocycles. The molecule has 2 rings (SSSR count). The number of aromatic nitrogens is 1. The predicted octanol–water partition coefficient (Wildman–Crippen LogP) is 3.10. The molecule has 15 heavy (non-hydrogen) atoms. The van der Waals surface area contributed by atoms with Crippen LogP contribution in [0.25, 0.3) is 0 Å². The molecule has 0 atom stereocenters. The van der Waals surface area contributed by atoms with E-state index in [2.05, 4.69) is 4.98 Å². The molecule has 0 aliphatic heterocycles. The van der Waals surface area contributed by atoms with E-state index in [4.69, 9.17) is 0 Å². The zero-order valence-electron chi connectivity index (χ0n) is 8.30. The Labute approximate surface area is 97.0 Å². The van der Waals surface area contributed by atoms with Gasteiger partial charge in [0.15, 0.2) is 4.34 Å². The summed E-state index contributed by atoms with van der Waals surface area (Å²) in [7, 11) is 0. The number of hydrogen-bond donors (Lipinski definition) is 1. The Morgan fingerprint density at radius 3 is 2.87 bits per heavy atom. The van der Waals surface area contributed by atoms with E-state index < -0.39 is 0 Å². The quantitative estimate of drug-likeness (QED) is 0.890. The standard InChI is InChI=1S/C11H11NOS2/c1-8-7-14-11(12-8)15-10-5-3-2-4-9(10)6-13/h2-5,7,13H,6H2,1H3. The summed E-state index contributed by atoms with van der Waals surface area (Å²) in [4.78, 5) is 5.46. The molecule has 1 aromatic carbocycles. The number of benzene rings is 1. The maximum atomic E-state index is 9.17. The molecule has 4 heteroatoms. The summed E-state index contributed by atoms with van der Waals surface area (Å²) in [6.45, 7) is 2.06. The van der Waals surface area contributed by atoms with Crippen LogP contribution in [0.5, 0.6) is 0 Å². The van der Waals surface area contributed by atoms with Gasteiger partial charge in [-0.25, -0.2) is 4.98 Å². The first-order chi connectivity index (χ1) is 7.29. The van der Waals surface area contributed by atoms with E-state index in [-0.39, 0.29) is 6.61 Å². The highest BCUT2D eigenvalue weighted by Crippen LogP contribution is 2.32. The Kier molecular flexibility index (Phi) is 3.41. The third-order valence-electron chi connectivity index (χ3n) is 1.94. The topological polar surface area (TPSA) is 33.1 Å². The lowest BCUT2D eigenvalue weighted by molar-refractivity contribution is 0.279. The maximum Gasteiger partial charge on any atom is 0.154 e. The number of rotatable bonds is 3. The van der Waals surface area contributed by atoms with Gasteiger partial charge < -0.3 is 5.11 Å². The molecule has 0 spiro atoms. The summed E-state index contributed by atoms with van der Waals surface area (Å²) in [5.41, 5.74) is 2.00. The SMILES string of the molecule is Cc1csc(Sc2ccccc2CO)n1. The number of aryl methyl sites for hydroxylation is 1. The first-order valence-electron chi connectivity index (χ1n) is 4.58. The van der Waals surface area contributed by atoms with Crippen molar-refractivity contribution in [1.82, 2.24) is 4.98 Å². The van der Waals surface area contributed by atoms with Gasteiger partial charge in [-0.1, -0.05) is 30.0 Å². The number of nitrogens with zero attached hydrogens (tertiary/aromatic N) is 1. The van der Waals surface area contributed by atoms with Gasteiger partial charge in [0, 0.05) is 16.0 Å². The summed E-state index contributed by atoms with van der Waals surface area (Å²) in [5.74, 6) is 0. The van der Waals surface area contributed by atoms with Crippen LogP contribution in [-0.4, -0.2) is 10.1 Å². The van der Waals surface area contributed by atoms with Crippen molar-refractivity contribution in [2.75, 3.05) is 0 Å². The normalized spacial score (nSPS) is 10.5. The molecule has 1 aromatic heterocycles.